The van der Waals surface area contributed by atoms with Crippen molar-refractivity contribution in [1.82, 2.24) is 0 Å². The second-order valence-electron chi connectivity index (χ2n) is 5.31. The summed E-state index contributed by atoms with van der Waals surface area (Å²) >= 11 is 0. The molecule has 2 N–H and O–H groups in total. The van der Waals surface area contributed by atoms with E-state index in [0.717, 1.165) is 15.9 Å². The standard InChI is InChI=1S/C20H17N4P/c21-16-23-20(22)24-25(17-10-4-1-5-11-17,18-12-6-2-7-13-18)19-14-8-3-9-15-19/h1-15H,(H2,22,23). The fourth-order valence-corrected chi connectivity index (χ4v) is 6.18. The topological polar surface area (TPSA) is 74.5 Å². The Morgan fingerprint density at radius 1 is 0.720 bits per heavy atom. The number of nitrogens with two attached hydrogens (primary N) is 1. The zero-order valence-corrected chi connectivity index (χ0v) is 14.4. The number of nitrogens with zero attached hydrogens (tertiary/aromatic N) is 3. The minimum Gasteiger partial charge on any atom is -0.367 e. The molecule has 0 spiro atoms. The molecule has 0 amide bonds. The van der Waals surface area contributed by atoms with Gasteiger partial charge in [0.05, 0.1) is 7.05 Å². The summed E-state index contributed by atoms with van der Waals surface area (Å²) in [5.41, 5.74) is 5.97. The summed E-state index contributed by atoms with van der Waals surface area (Å²) < 4.78 is 4.82. The van der Waals surface area contributed by atoms with E-state index in [9.17, 15) is 0 Å². The fourth-order valence-electron chi connectivity index (χ4n) is 2.78. The predicted molar refractivity (Wildman–Crippen MR) is 105 cm³/mol. The van der Waals surface area contributed by atoms with Crippen molar-refractivity contribution in [3.05, 3.63) is 91.0 Å². The lowest BCUT2D eigenvalue weighted by Crippen LogP contribution is -2.27. The Morgan fingerprint density at radius 3 is 1.40 bits per heavy atom. The molecule has 5 heteroatoms. The molecule has 0 radical (unpaired) electrons. The van der Waals surface area contributed by atoms with Crippen molar-refractivity contribution in [1.29, 1.82) is 5.26 Å². The summed E-state index contributed by atoms with van der Waals surface area (Å²) in [5, 5.41) is 12.1. The van der Waals surface area contributed by atoms with Crippen LogP contribution in [0.1, 0.15) is 0 Å². The molecule has 122 valence electrons. The smallest absolute Gasteiger partial charge is 0.230 e. The van der Waals surface area contributed by atoms with Gasteiger partial charge in [0.2, 0.25) is 12.2 Å². The molecule has 0 unspecified atom stereocenters. The van der Waals surface area contributed by atoms with Crippen molar-refractivity contribution in [3.8, 4) is 6.19 Å². The van der Waals surface area contributed by atoms with E-state index in [1.54, 1.807) is 6.19 Å². The van der Waals surface area contributed by atoms with Gasteiger partial charge in [-0.05, 0) is 0 Å². The second kappa shape index (κ2) is 7.61. The van der Waals surface area contributed by atoms with Crippen LogP contribution in [0.4, 0.5) is 0 Å². The highest BCUT2D eigenvalue weighted by Crippen LogP contribution is 2.46. The third-order valence-electron chi connectivity index (χ3n) is 3.81. The van der Waals surface area contributed by atoms with Gasteiger partial charge >= 0.3 is 0 Å². The Morgan fingerprint density at radius 2 is 1.08 bits per heavy atom. The van der Waals surface area contributed by atoms with Gasteiger partial charge in [-0.15, -0.1) is 4.99 Å². The molecule has 3 aromatic rings. The molecule has 0 bridgehead atoms. The van der Waals surface area contributed by atoms with Gasteiger partial charge < -0.3 is 5.73 Å². The maximum atomic E-state index is 8.88. The molecule has 0 fully saturated rings. The number of aliphatic imine (C=N–C) groups is 1. The third-order valence-corrected chi connectivity index (χ3v) is 7.45. The summed E-state index contributed by atoms with van der Waals surface area (Å²) in [5.74, 6) is -0.00704. The Bertz CT molecular complexity index is 855. The zero-order chi connectivity index (χ0) is 17.5. The molecule has 0 aromatic heterocycles. The first-order valence-corrected chi connectivity index (χ1v) is 9.53. The van der Waals surface area contributed by atoms with Crippen LogP contribution in [0.2, 0.25) is 0 Å². The van der Waals surface area contributed by atoms with E-state index in [1.165, 1.54) is 0 Å². The summed E-state index contributed by atoms with van der Waals surface area (Å²) in [6.45, 7) is 0. The van der Waals surface area contributed by atoms with Crippen LogP contribution in [-0.4, -0.2) is 5.96 Å². The molecule has 0 atom stereocenters. The second-order valence-corrected chi connectivity index (χ2v) is 8.33. The van der Waals surface area contributed by atoms with Crippen LogP contribution in [0, 0.1) is 11.5 Å². The van der Waals surface area contributed by atoms with Crippen molar-refractivity contribution in [3.63, 3.8) is 0 Å². The molecule has 0 aliphatic heterocycles. The summed E-state index contributed by atoms with van der Waals surface area (Å²) in [7, 11) is -2.42. The van der Waals surface area contributed by atoms with Gasteiger partial charge in [0, 0.05) is 15.9 Å². The number of rotatable bonds is 3. The van der Waals surface area contributed by atoms with E-state index >= 15 is 0 Å². The highest BCUT2D eigenvalue weighted by molar-refractivity contribution is 7.87. The van der Waals surface area contributed by atoms with Crippen LogP contribution in [0.3, 0.4) is 0 Å². The van der Waals surface area contributed by atoms with Crippen LogP contribution in [-0.2, 0) is 0 Å². The average Bonchev–Trinajstić information content (AvgIpc) is 2.68. The number of hydrogen-bond donors (Lipinski definition) is 1. The van der Waals surface area contributed by atoms with E-state index in [4.69, 9.17) is 15.7 Å². The lowest BCUT2D eigenvalue weighted by atomic mass is 10.4. The lowest BCUT2D eigenvalue weighted by molar-refractivity contribution is 1.39. The molecule has 4 nitrogen and oxygen atoms in total. The molecule has 0 aliphatic carbocycles. The lowest BCUT2D eigenvalue weighted by Gasteiger charge is -2.26. The number of guanidine groups is 1. The molecular weight excluding hydrogens is 327 g/mol. The van der Waals surface area contributed by atoms with Crippen LogP contribution < -0.4 is 21.6 Å². The third kappa shape index (κ3) is 3.38. The van der Waals surface area contributed by atoms with Crippen LogP contribution in [0.25, 0.3) is 0 Å². The molecule has 3 aromatic carbocycles. The Balaban J connectivity index is 2.45. The molecule has 0 saturated heterocycles. The minimum absolute atomic E-state index is 0.00704. The van der Waals surface area contributed by atoms with Crippen LogP contribution in [0.15, 0.2) is 101 Å². The summed E-state index contributed by atoms with van der Waals surface area (Å²) in [6.07, 6.45) is 1.73. The van der Waals surface area contributed by atoms with Gasteiger partial charge in [0.15, 0.2) is 0 Å². The van der Waals surface area contributed by atoms with E-state index < -0.39 is 7.05 Å². The number of benzene rings is 3. The highest BCUT2D eigenvalue weighted by atomic mass is 31.2. The van der Waals surface area contributed by atoms with Gasteiger partial charge in [-0.25, -0.2) is 4.74 Å². The average molecular weight is 344 g/mol. The molecule has 25 heavy (non-hydrogen) atoms. The predicted octanol–water partition coefficient (Wildman–Crippen LogP) is 2.96. The maximum Gasteiger partial charge on any atom is 0.230 e. The molecule has 0 heterocycles. The first kappa shape index (κ1) is 16.7. The highest BCUT2D eigenvalue weighted by Gasteiger charge is 2.27. The van der Waals surface area contributed by atoms with Gasteiger partial charge in [0.1, 0.15) is 0 Å². The van der Waals surface area contributed by atoms with Crippen molar-refractivity contribution >= 4 is 28.9 Å². The first-order valence-electron chi connectivity index (χ1n) is 7.79. The molecule has 3 rings (SSSR count). The first-order chi connectivity index (χ1) is 12.3. The Labute approximate surface area is 147 Å². The van der Waals surface area contributed by atoms with Gasteiger partial charge in [-0.2, -0.15) is 5.26 Å². The zero-order valence-electron chi connectivity index (χ0n) is 13.5. The Hall–Kier alpha value is -3.15. The molecule has 0 saturated carbocycles. The van der Waals surface area contributed by atoms with Gasteiger partial charge in [-0.3, -0.25) is 0 Å². The van der Waals surface area contributed by atoms with Crippen molar-refractivity contribution < 1.29 is 0 Å². The SMILES string of the molecule is N#CN=C(N)N=P(c1ccccc1)(c1ccccc1)c1ccccc1. The van der Waals surface area contributed by atoms with Crippen LogP contribution in [0.5, 0.6) is 0 Å². The molecular formula is C20H17N4P. The normalized spacial score (nSPS) is 11.6. The quantitative estimate of drug-likeness (QED) is 0.343. The Kier molecular flexibility index (Phi) is 5.09. The number of hydrogen-bond acceptors (Lipinski definition) is 2. The molecule has 0 aliphatic rings. The van der Waals surface area contributed by atoms with E-state index in [1.807, 2.05) is 54.6 Å². The van der Waals surface area contributed by atoms with E-state index in [0.29, 0.717) is 0 Å². The fraction of sp³-hybridized carbons (Fsp3) is 0. The monoisotopic (exact) mass is 344 g/mol. The van der Waals surface area contributed by atoms with Crippen molar-refractivity contribution in [2.24, 2.45) is 15.5 Å². The minimum atomic E-state index is -2.42. The van der Waals surface area contributed by atoms with Crippen LogP contribution >= 0.6 is 7.05 Å². The maximum absolute atomic E-state index is 8.88. The van der Waals surface area contributed by atoms with Gasteiger partial charge in [-0.1, -0.05) is 91.0 Å². The van der Waals surface area contributed by atoms with E-state index in [2.05, 4.69) is 41.4 Å². The summed E-state index contributed by atoms with van der Waals surface area (Å²) in [6, 6.07) is 30.2. The number of nitriles is 1. The largest absolute Gasteiger partial charge is 0.367 e. The van der Waals surface area contributed by atoms with Gasteiger partial charge in [0.25, 0.3) is 0 Å². The summed E-state index contributed by atoms with van der Waals surface area (Å²) in [4.78, 5) is 3.65. The van der Waals surface area contributed by atoms with Crippen molar-refractivity contribution in [2.75, 3.05) is 0 Å². The van der Waals surface area contributed by atoms with Crippen molar-refractivity contribution in [2.45, 2.75) is 0 Å². The van der Waals surface area contributed by atoms with E-state index in [-0.39, 0.29) is 5.96 Å².